The third kappa shape index (κ3) is 4.80. The van der Waals surface area contributed by atoms with Crippen molar-refractivity contribution in [3.8, 4) is 5.75 Å². The molecule has 2 amide bonds. The molecular formula is C18H21N3O4S. The molecule has 7 nitrogen and oxygen atoms in total. The highest BCUT2D eigenvalue weighted by atomic mass is 32.1. The highest BCUT2D eigenvalue weighted by Gasteiger charge is 2.16. The van der Waals surface area contributed by atoms with Crippen LogP contribution >= 0.6 is 11.3 Å². The van der Waals surface area contributed by atoms with Crippen LogP contribution in [0.15, 0.2) is 40.8 Å². The molecule has 0 saturated carbocycles. The number of ether oxygens (including phenoxy) is 2. The Balaban J connectivity index is 1.65. The Kier molecular flexibility index (Phi) is 6.19. The number of nitrogens with one attached hydrogen (secondary N) is 1. The lowest BCUT2D eigenvalue weighted by atomic mass is 10.2. The Labute approximate surface area is 155 Å². The van der Waals surface area contributed by atoms with Gasteiger partial charge in [0.1, 0.15) is 12.3 Å². The van der Waals surface area contributed by atoms with Gasteiger partial charge >= 0.3 is 0 Å². The first kappa shape index (κ1) is 18.3. The summed E-state index contributed by atoms with van der Waals surface area (Å²) in [6, 6.07) is 6.82. The number of hydrogen-bond acceptors (Lipinski definition) is 5. The number of benzene rings is 1. The third-order valence-corrected chi connectivity index (χ3v) is 4.83. The van der Waals surface area contributed by atoms with Crippen molar-refractivity contribution in [1.29, 1.82) is 0 Å². The van der Waals surface area contributed by atoms with Crippen LogP contribution in [-0.4, -0.2) is 42.7 Å². The summed E-state index contributed by atoms with van der Waals surface area (Å²) < 4.78 is 12.3. The zero-order chi connectivity index (χ0) is 18.4. The van der Waals surface area contributed by atoms with Crippen LogP contribution < -0.4 is 14.9 Å². The third-order valence-electron chi connectivity index (χ3n) is 4.04. The molecule has 1 fully saturated rings. The predicted molar refractivity (Wildman–Crippen MR) is 97.2 cm³/mol. The van der Waals surface area contributed by atoms with Gasteiger partial charge in [-0.25, -0.2) is 0 Å². The van der Waals surface area contributed by atoms with Crippen molar-refractivity contribution < 1.29 is 19.1 Å². The quantitative estimate of drug-likeness (QED) is 0.831. The largest absolute Gasteiger partial charge is 0.497 e. The number of thiazole rings is 1. The minimum absolute atomic E-state index is 0.102. The first-order chi connectivity index (χ1) is 12.7. The minimum Gasteiger partial charge on any atom is -0.497 e. The minimum atomic E-state index is -0.375. The number of carbonyl (C=O) groups is 2. The number of hydrogen-bond donors (Lipinski definition) is 1. The molecule has 0 bridgehead atoms. The van der Waals surface area contributed by atoms with Crippen molar-refractivity contribution in [2.45, 2.75) is 25.5 Å². The van der Waals surface area contributed by atoms with Gasteiger partial charge in [-0.05, 0) is 31.0 Å². The van der Waals surface area contributed by atoms with E-state index in [0.29, 0.717) is 22.7 Å². The van der Waals surface area contributed by atoms with E-state index in [0.717, 1.165) is 19.4 Å². The molecule has 2 aromatic rings. The monoisotopic (exact) mass is 375 g/mol. The van der Waals surface area contributed by atoms with E-state index in [4.69, 9.17) is 9.47 Å². The van der Waals surface area contributed by atoms with Crippen molar-refractivity contribution >= 4 is 23.2 Å². The average molecular weight is 375 g/mol. The average Bonchev–Trinajstić information content (AvgIpc) is 3.32. The summed E-state index contributed by atoms with van der Waals surface area (Å²) in [6.07, 6.45) is 3.86. The van der Waals surface area contributed by atoms with Crippen LogP contribution in [0.4, 0.5) is 0 Å². The van der Waals surface area contributed by atoms with Gasteiger partial charge in [-0.15, -0.1) is 11.3 Å². The van der Waals surface area contributed by atoms with E-state index in [1.165, 1.54) is 11.3 Å². The summed E-state index contributed by atoms with van der Waals surface area (Å²) in [5.41, 5.74) is 0.437. The topological polar surface area (TPSA) is 81.9 Å². The highest BCUT2D eigenvalue weighted by molar-refractivity contribution is 7.07. The van der Waals surface area contributed by atoms with Gasteiger partial charge < -0.3 is 19.4 Å². The predicted octanol–water partition coefficient (Wildman–Crippen LogP) is 1.59. The lowest BCUT2D eigenvalue weighted by Crippen LogP contribution is -2.35. The molecule has 1 saturated heterocycles. The first-order valence-corrected chi connectivity index (χ1v) is 9.29. The number of amides is 2. The molecule has 3 rings (SSSR count). The van der Waals surface area contributed by atoms with Crippen LogP contribution in [0.3, 0.4) is 0 Å². The smallest absolute Gasteiger partial charge is 0.279 e. The van der Waals surface area contributed by atoms with E-state index in [1.54, 1.807) is 47.5 Å². The van der Waals surface area contributed by atoms with Gasteiger partial charge in [0.2, 0.25) is 5.91 Å². The second-order valence-corrected chi connectivity index (χ2v) is 6.77. The summed E-state index contributed by atoms with van der Waals surface area (Å²) in [4.78, 5) is 29.1. The van der Waals surface area contributed by atoms with Crippen LogP contribution in [0.5, 0.6) is 5.75 Å². The lowest BCUT2D eigenvalue weighted by Gasteiger charge is -2.11. The van der Waals surface area contributed by atoms with E-state index < -0.39 is 0 Å². The molecule has 0 radical (unpaired) electrons. The maximum absolute atomic E-state index is 12.4. The van der Waals surface area contributed by atoms with Crippen LogP contribution in [0.2, 0.25) is 0 Å². The Morgan fingerprint density at radius 1 is 1.46 bits per heavy atom. The molecule has 0 aliphatic carbocycles. The zero-order valence-corrected chi connectivity index (χ0v) is 15.3. The zero-order valence-electron chi connectivity index (χ0n) is 14.5. The molecule has 138 valence electrons. The Morgan fingerprint density at radius 2 is 2.35 bits per heavy atom. The van der Waals surface area contributed by atoms with Crippen molar-refractivity contribution in [3.63, 3.8) is 0 Å². The lowest BCUT2D eigenvalue weighted by molar-refractivity contribution is -0.122. The molecule has 1 aliphatic heterocycles. The van der Waals surface area contributed by atoms with Crippen LogP contribution in [-0.2, 0) is 16.1 Å². The molecule has 1 aliphatic rings. The highest BCUT2D eigenvalue weighted by Crippen LogP contribution is 2.13. The summed E-state index contributed by atoms with van der Waals surface area (Å²) in [7, 11) is 1.54. The fraction of sp³-hybridized carbons (Fsp3) is 0.389. The van der Waals surface area contributed by atoms with Crippen LogP contribution in [0, 0.1) is 0 Å². The van der Waals surface area contributed by atoms with Crippen molar-refractivity contribution in [2.24, 2.45) is 4.99 Å². The van der Waals surface area contributed by atoms with Crippen molar-refractivity contribution in [1.82, 2.24) is 9.88 Å². The number of methoxy groups -OCH3 is 1. The number of rotatable bonds is 6. The van der Waals surface area contributed by atoms with E-state index in [9.17, 15) is 9.59 Å². The van der Waals surface area contributed by atoms with Gasteiger partial charge in [0.15, 0.2) is 4.80 Å². The van der Waals surface area contributed by atoms with Gasteiger partial charge in [0.25, 0.3) is 5.91 Å². The summed E-state index contributed by atoms with van der Waals surface area (Å²) >= 11 is 1.31. The van der Waals surface area contributed by atoms with E-state index in [-0.39, 0.29) is 24.5 Å². The summed E-state index contributed by atoms with van der Waals surface area (Å²) in [5, 5.41) is 4.66. The molecule has 1 aromatic heterocycles. The molecule has 2 heterocycles. The van der Waals surface area contributed by atoms with Crippen LogP contribution in [0.25, 0.3) is 0 Å². The van der Waals surface area contributed by atoms with E-state index >= 15 is 0 Å². The Hall–Kier alpha value is -2.45. The van der Waals surface area contributed by atoms with Gasteiger partial charge in [0, 0.05) is 30.3 Å². The van der Waals surface area contributed by atoms with Gasteiger partial charge in [-0.2, -0.15) is 4.99 Å². The van der Waals surface area contributed by atoms with Crippen LogP contribution in [0.1, 0.15) is 23.2 Å². The maximum Gasteiger partial charge on any atom is 0.279 e. The van der Waals surface area contributed by atoms with Crippen molar-refractivity contribution in [3.05, 3.63) is 46.2 Å². The Bertz CT molecular complexity index is 837. The number of carbonyl (C=O) groups excluding carboxylic acids is 2. The molecule has 8 heteroatoms. The molecule has 1 aromatic carbocycles. The second-order valence-electron chi connectivity index (χ2n) is 5.90. The molecule has 1 N–H and O–H groups in total. The van der Waals surface area contributed by atoms with Gasteiger partial charge in [-0.3, -0.25) is 9.59 Å². The molecular weight excluding hydrogens is 354 g/mol. The molecule has 26 heavy (non-hydrogen) atoms. The van der Waals surface area contributed by atoms with Gasteiger partial charge in [-0.1, -0.05) is 6.07 Å². The fourth-order valence-corrected chi connectivity index (χ4v) is 3.38. The number of aromatic nitrogens is 1. The Morgan fingerprint density at radius 3 is 3.12 bits per heavy atom. The number of nitrogens with zero attached hydrogens (tertiary/aromatic N) is 2. The van der Waals surface area contributed by atoms with E-state index in [1.807, 2.05) is 0 Å². The normalized spacial score (nSPS) is 17.3. The summed E-state index contributed by atoms with van der Waals surface area (Å²) in [6.45, 7) is 1.38. The first-order valence-electron chi connectivity index (χ1n) is 8.41. The molecule has 0 unspecified atom stereocenters. The van der Waals surface area contributed by atoms with E-state index in [2.05, 4.69) is 10.3 Å². The van der Waals surface area contributed by atoms with Crippen molar-refractivity contribution in [2.75, 3.05) is 20.3 Å². The molecule has 1 atom stereocenters. The summed E-state index contributed by atoms with van der Waals surface area (Å²) in [5.74, 6) is 0.0904. The maximum atomic E-state index is 12.4. The standard InChI is InChI=1S/C18H21N3O4S/c1-24-14-5-2-4-13(10-14)17(23)20-18-21(7-9-26-18)12-16(22)19-11-15-6-3-8-25-15/h2,4-5,7,9-10,15H,3,6,8,11-12H2,1H3,(H,19,22)/t15-/m1/s1. The molecule has 0 spiro atoms. The van der Waals surface area contributed by atoms with Gasteiger partial charge in [0.05, 0.1) is 13.2 Å². The second kappa shape index (κ2) is 8.77. The SMILES string of the molecule is COc1cccc(C(=O)N=c2sccn2CC(=O)NC[C@H]2CCCO2)c1. The fourth-order valence-electron chi connectivity index (χ4n) is 2.66.